The minimum Gasteiger partial charge on any atom is -0.481 e. The van der Waals surface area contributed by atoms with Gasteiger partial charge in [-0.25, -0.2) is 4.79 Å². The number of piperidine rings is 1. The second kappa shape index (κ2) is 10.5. The van der Waals surface area contributed by atoms with Crippen molar-refractivity contribution in [2.45, 2.75) is 57.5 Å². The van der Waals surface area contributed by atoms with Gasteiger partial charge in [0, 0.05) is 25.7 Å². The number of hydrogen-bond acceptors (Lipinski definition) is 3. The summed E-state index contributed by atoms with van der Waals surface area (Å²) in [6, 6.07) is 10.8. The maximum Gasteiger partial charge on any atom is 0.317 e. The van der Waals surface area contributed by atoms with Crippen LogP contribution in [0.3, 0.4) is 0 Å². The SMILES string of the molecule is O=C(O)CCNC(=O)N1CCCCCC1C1CCN(Cc2ccccc2)CC1. The molecule has 1 atom stereocenters. The van der Waals surface area contributed by atoms with Crippen molar-refractivity contribution in [1.29, 1.82) is 0 Å². The van der Waals surface area contributed by atoms with E-state index in [0.29, 0.717) is 5.92 Å². The Hall–Kier alpha value is -2.08. The van der Waals surface area contributed by atoms with E-state index in [9.17, 15) is 9.59 Å². The van der Waals surface area contributed by atoms with E-state index < -0.39 is 5.97 Å². The van der Waals surface area contributed by atoms with Crippen molar-refractivity contribution < 1.29 is 14.7 Å². The van der Waals surface area contributed by atoms with Crippen LogP contribution in [0, 0.1) is 5.92 Å². The van der Waals surface area contributed by atoms with Gasteiger partial charge in [-0.3, -0.25) is 9.69 Å². The zero-order valence-corrected chi connectivity index (χ0v) is 16.7. The van der Waals surface area contributed by atoms with Gasteiger partial charge in [-0.1, -0.05) is 43.2 Å². The predicted octanol–water partition coefficient (Wildman–Crippen LogP) is 3.33. The standard InChI is InChI=1S/C22H33N3O3/c26-21(27)10-13-23-22(28)25-14-6-2-5-9-20(25)19-11-15-24(16-12-19)17-18-7-3-1-4-8-18/h1,3-4,7-8,19-20H,2,5-6,9-17H2,(H,23,28)(H,26,27). The maximum atomic E-state index is 12.7. The molecule has 2 saturated heterocycles. The number of rotatable bonds is 6. The number of likely N-dealkylation sites (tertiary alicyclic amines) is 2. The van der Waals surface area contributed by atoms with Gasteiger partial charge in [-0.05, 0) is 50.3 Å². The zero-order valence-electron chi connectivity index (χ0n) is 16.7. The van der Waals surface area contributed by atoms with Crippen LogP contribution >= 0.6 is 0 Å². The fraction of sp³-hybridized carbons (Fsp3) is 0.636. The number of carbonyl (C=O) groups is 2. The largest absolute Gasteiger partial charge is 0.481 e. The number of amides is 2. The van der Waals surface area contributed by atoms with Gasteiger partial charge in [0.2, 0.25) is 0 Å². The second-order valence-electron chi connectivity index (χ2n) is 8.08. The van der Waals surface area contributed by atoms with Crippen LogP contribution in [-0.2, 0) is 11.3 Å². The number of carboxylic acids is 1. The molecule has 2 N–H and O–H groups in total. The molecule has 154 valence electrons. The van der Waals surface area contributed by atoms with Crippen LogP contribution in [0.15, 0.2) is 30.3 Å². The summed E-state index contributed by atoms with van der Waals surface area (Å²) in [6.07, 6.45) is 6.66. The molecule has 2 aliphatic heterocycles. The summed E-state index contributed by atoms with van der Waals surface area (Å²) in [5.74, 6) is -0.339. The number of carbonyl (C=O) groups excluding carboxylic acids is 1. The first-order valence-corrected chi connectivity index (χ1v) is 10.7. The first-order chi connectivity index (χ1) is 13.6. The van der Waals surface area contributed by atoms with Crippen LogP contribution in [0.5, 0.6) is 0 Å². The van der Waals surface area contributed by atoms with E-state index in [-0.39, 0.29) is 25.0 Å². The smallest absolute Gasteiger partial charge is 0.317 e. The third-order valence-corrected chi connectivity index (χ3v) is 6.10. The molecule has 28 heavy (non-hydrogen) atoms. The molecule has 0 spiro atoms. The van der Waals surface area contributed by atoms with E-state index >= 15 is 0 Å². The molecule has 2 amide bonds. The lowest BCUT2D eigenvalue weighted by molar-refractivity contribution is -0.136. The molecule has 6 nitrogen and oxygen atoms in total. The highest BCUT2D eigenvalue weighted by Crippen LogP contribution is 2.30. The number of benzene rings is 1. The highest BCUT2D eigenvalue weighted by atomic mass is 16.4. The van der Waals surface area contributed by atoms with Crippen LogP contribution in [-0.4, -0.2) is 59.1 Å². The van der Waals surface area contributed by atoms with E-state index in [4.69, 9.17) is 5.11 Å². The average Bonchev–Trinajstić information content (AvgIpc) is 2.95. The van der Waals surface area contributed by atoms with Crippen molar-refractivity contribution >= 4 is 12.0 Å². The summed E-state index contributed by atoms with van der Waals surface area (Å²) < 4.78 is 0. The lowest BCUT2D eigenvalue weighted by Gasteiger charge is -2.40. The van der Waals surface area contributed by atoms with E-state index in [0.717, 1.165) is 51.9 Å². The lowest BCUT2D eigenvalue weighted by atomic mass is 9.86. The Labute approximate surface area is 167 Å². The molecule has 2 fully saturated rings. The van der Waals surface area contributed by atoms with Crippen LogP contribution < -0.4 is 5.32 Å². The van der Waals surface area contributed by atoms with E-state index in [1.54, 1.807) is 0 Å². The molecule has 3 rings (SSSR count). The van der Waals surface area contributed by atoms with Gasteiger partial charge in [0.1, 0.15) is 0 Å². The van der Waals surface area contributed by atoms with Gasteiger partial charge in [0.15, 0.2) is 0 Å². The Balaban J connectivity index is 1.54. The van der Waals surface area contributed by atoms with E-state index in [1.807, 2.05) is 4.90 Å². The van der Waals surface area contributed by atoms with Gasteiger partial charge < -0.3 is 15.3 Å². The number of nitrogens with zero attached hydrogens (tertiary/aromatic N) is 2. The second-order valence-corrected chi connectivity index (χ2v) is 8.08. The Morgan fingerprint density at radius 1 is 1.00 bits per heavy atom. The summed E-state index contributed by atoms with van der Waals surface area (Å²) in [5, 5.41) is 11.6. The number of aliphatic carboxylic acids is 1. The molecule has 1 aromatic carbocycles. The summed E-state index contributed by atoms with van der Waals surface area (Å²) >= 11 is 0. The van der Waals surface area contributed by atoms with Crippen molar-refractivity contribution in [1.82, 2.24) is 15.1 Å². The number of urea groups is 1. The lowest BCUT2D eigenvalue weighted by Crippen LogP contribution is -2.51. The van der Waals surface area contributed by atoms with Crippen molar-refractivity contribution in [2.24, 2.45) is 5.92 Å². The number of nitrogens with one attached hydrogen (secondary N) is 1. The van der Waals surface area contributed by atoms with Crippen LogP contribution in [0.1, 0.15) is 50.5 Å². The quantitative estimate of drug-likeness (QED) is 0.785. The first-order valence-electron chi connectivity index (χ1n) is 10.7. The average molecular weight is 388 g/mol. The molecular weight excluding hydrogens is 354 g/mol. The predicted molar refractivity (Wildman–Crippen MR) is 109 cm³/mol. The van der Waals surface area contributed by atoms with Gasteiger partial charge in [0.25, 0.3) is 0 Å². The fourth-order valence-electron chi connectivity index (χ4n) is 4.59. The number of hydrogen-bond donors (Lipinski definition) is 2. The van der Waals surface area contributed by atoms with Crippen LogP contribution in [0.4, 0.5) is 4.79 Å². The third-order valence-electron chi connectivity index (χ3n) is 6.10. The summed E-state index contributed by atoms with van der Waals surface area (Å²) in [5.41, 5.74) is 1.36. The maximum absolute atomic E-state index is 12.7. The van der Waals surface area contributed by atoms with Gasteiger partial charge >= 0.3 is 12.0 Å². The molecule has 1 aromatic rings. The van der Waals surface area contributed by atoms with Crippen molar-refractivity contribution in [3.63, 3.8) is 0 Å². The van der Waals surface area contributed by atoms with E-state index in [1.165, 1.54) is 18.4 Å². The fourth-order valence-corrected chi connectivity index (χ4v) is 4.59. The van der Waals surface area contributed by atoms with Gasteiger partial charge in [-0.15, -0.1) is 0 Å². The Bertz CT molecular complexity index is 629. The molecule has 2 aliphatic rings. The summed E-state index contributed by atoms with van der Waals surface area (Å²) in [6.45, 7) is 4.13. The normalized spacial score (nSPS) is 21.9. The van der Waals surface area contributed by atoms with Crippen molar-refractivity contribution in [2.75, 3.05) is 26.2 Å². The third kappa shape index (κ3) is 5.96. The Kier molecular flexibility index (Phi) is 7.71. The van der Waals surface area contributed by atoms with Gasteiger partial charge in [0.05, 0.1) is 6.42 Å². The summed E-state index contributed by atoms with van der Waals surface area (Å²) in [4.78, 5) is 27.9. The number of carboxylic acid groups (broad SMARTS) is 1. The molecule has 0 aromatic heterocycles. The molecule has 1 unspecified atom stereocenters. The van der Waals surface area contributed by atoms with E-state index in [2.05, 4.69) is 40.5 Å². The minimum absolute atomic E-state index is 0.0257. The van der Waals surface area contributed by atoms with Crippen molar-refractivity contribution in [3.8, 4) is 0 Å². The molecule has 0 bridgehead atoms. The highest BCUT2D eigenvalue weighted by molar-refractivity contribution is 5.75. The highest BCUT2D eigenvalue weighted by Gasteiger charge is 2.33. The Morgan fingerprint density at radius 2 is 1.75 bits per heavy atom. The zero-order chi connectivity index (χ0) is 19.8. The Morgan fingerprint density at radius 3 is 2.46 bits per heavy atom. The van der Waals surface area contributed by atoms with Crippen LogP contribution in [0.25, 0.3) is 0 Å². The minimum atomic E-state index is -0.876. The molecule has 0 aliphatic carbocycles. The molecule has 2 heterocycles. The molecule has 6 heteroatoms. The topological polar surface area (TPSA) is 72.9 Å². The molecule has 0 radical (unpaired) electrons. The molecular formula is C22H33N3O3. The first kappa shape index (κ1) is 20.6. The summed E-state index contributed by atoms with van der Waals surface area (Å²) in [7, 11) is 0. The van der Waals surface area contributed by atoms with Crippen molar-refractivity contribution in [3.05, 3.63) is 35.9 Å². The molecule has 0 saturated carbocycles. The van der Waals surface area contributed by atoms with Gasteiger partial charge in [-0.2, -0.15) is 0 Å². The monoisotopic (exact) mass is 387 g/mol. The van der Waals surface area contributed by atoms with Crippen LogP contribution in [0.2, 0.25) is 0 Å².